The zero-order valence-electron chi connectivity index (χ0n) is 16.4. The largest absolute Gasteiger partial charge is 0.365 e. The number of nitrogens with zero attached hydrogens (tertiary/aromatic N) is 4. The van der Waals surface area contributed by atoms with Gasteiger partial charge in [0.25, 0.3) is 0 Å². The molecule has 2 saturated heterocycles. The van der Waals surface area contributed by atoms with Gasteiger partial charge in [0.15, 0.2) is 16.6 Å². The Kier molecular flexibility index (Phi) is 6.36. The van der Waals surface area contributed by atoms with E-state index in [-0.39, 0.29) is 5.13 Å². The summed E-state index contributed by atoms with van der Waals surface area (Å²) in [7, 11) is 1.68. The molecule has 156 valence electrons. The van der Waals surface area contributed by atoms with Crippen LogP contribution in [0.15, 0.2) is 41.8 Å². The Morgan fingerprint density at radius 2 is 2.24 bits per heavy atom. The summed E-state index contributed by atoms with van der Waals surface area (Å²) < 4.78 is 13.3. The highest BCUT2D eigenvalue weighted by molar-refractivity contribution is 7.13. The molecule has 0 aliphatic carbocycles. The van der Waals surface area contributed by atoms with Crippen molar-refractivity contribution in [3.63, 3.8) is 0 Å². The average molecular weight is 421 g/mol. The van der Waals surface area contributed by atoms with Crippen LogP contribution in [0, 0.1) is 21.9 Å². The number of halogens is 1. The molecule has 3 rings (SSSR count). The highest BCUT2D eigenvalue weighted by Crippen LogP contribution is 2.49. The number of likely N-dealkylation sites (tertiary alicyclic amines) is 2. The lowest BCUT2D eigenvalue weighted by molar-refractivity contribution is -0.00815. The van der Waals surface area contributed by atoms with Gasteiger partial charge in [-0.05, 0) is 32.0 Å². The molecule has 1 aromatic rings. The number of allylic oxidation sites excluding steroid dienone is 4. The molecule has 2 aliphatic heterocycles. The zero-order valence-corrected chi connectivity index (χ0v) is 17.2. The molecule has 0 bridgehead atoms. The van der Waals surface area contributed by atoms with Crippen molar-refractivity contribution in [2.24, 2.45) is 5.41 Å². The van der Waals surface area contributed by atoms with Crippen molar-refractivity contribution >= 4 is 16.5 Å². The van der Waals surface area contributed by atoms with Crippen molar-refractivity contribution in [1.29, 1.82) is 5.26 Å². The van der Waals surface area contributed by atoms with Gasteiger partial charge in [-0.3, -0.25) is 10.2 Å². The summed E-state index contributed by atoms with van der Waals surface area (Å²) in [6.45, 7) is 7.31. The second-order valence-corrected chi connectivity index (χ2v) is 8.13. The minimum atomic E-state index is -1.13. The van der Waals surface area contributed by atoms with Gasteiger partial charge in [-0.2, -0.15) is 9.65 Å². The Hall–Kier alpha value is -2.29. The molecule has 1 spiro atoms. The molecular weight excluding hydrogens is 395 g/mol. The number of anilines is 1. The predicted octanol–water partition coefficient (Wildman–Crippen LogP) is 1.38. The van der Waals surface area contributed by atoms with Crippen LogP contribution in [-0.4, -0.2) is 64.4 Å². The lowest BCUT2D eigenvalue weighted by Crippen LogP contribution is -2.45. The molecule has 3 atom stereocenters. The summed E-state index contributed by atoms with van der Waals surface area (Å²) in [4.78, 5) is 7.58. The first-order valence-corrected chi connectivity index (χ1v) is 10.0. The first kappa shape index (κ1) is 21.4. The van der Waals surface area contributed by atoms with Gasteiger partial charge in [0, 0.05) is 36.3 Å². The molecule has 10 heteroatoms. The van der Waals surface area contributed by atoms with Crippen LogP contribution in [0.5, 0.6) is 0 Å². The lowest BCUT2D eigenvalue weighted by atomic mass is 9.80. The first-order chi connectivity index (χ1) is 13.8. The smallest absolute Gasteiger partial charge is 0.207 e. The SMILES string of the molecule is C=C(C#N)/C=C1\C(=C/C)N(C(O)Nc2ncc(F)s2)C[C@]12CCN(C(O)NC)C2. The molecule has 4 N–H and O–H groups in total. The number of aliphatic hydroxyl groups is 2. The number of hydrogen-bond donors (Lipinski definition) is 4. The molecule has 2 fully saturated rings. The molecular formula is C19H25FN6O2S. The van der Waals surface area contributed by atoms with E-state index in [1.807, 2.05) is 17.9 Å². The molecule has 8 nitrogen and oxygen atoms in total. The van der Waals surface area contributed by atoms with Crippen LogP contribution in [0.1, 0.15) is 13.3 Å². The summed E-state index contributed by atoms with van der Waals surface area (Å²) in [5, 5.41) is 35.8. The second-order valence-electron chi connectivity index (χ2n) is 7.15. The third-order valence-corrected chi connectivity index (χ3v) is 6.10. The van der Waals surface area contributed by atoms with Crippen LogP contribution >= 0.6 is 11.3 Å². The van der Waals surface area contributed by atoms with Crippen molar-refractivity contribution in [2.45, 2.75) is 26.0 Å². The number of nitrogens with one attached hydrogen (secondary N) is 2. The fraction of sp³-hybridized carbons (Fsp3) is 0.474. The molecule has 2 unspecified atom stereocenters. The van der Waals surface area contributed by atoms with Crippen molar-refractivity contribution in [2.75, 3.05) is 32.0 Å². The van der Waals surface area contributed by atoms with E-state index in [1.165, 1.54) is 0 Å². The summed E-state index contributed by atoms with van der Waals surface area (Å²) in [6.07, 6.45) is 3.55. The maximum Gasteiger partial charge on any atom is 0.207 e. The fourth-order valence-corrected chi connectivity index (χ4v) is 4.61. The Labute approximate surface area is 173 Å². The number of thiazole rings is 1. The van der Waals surface area contributed by atoms with E-state index in [1.54, 1.807) is 18.0 Å². The van der Waals surface area contributed by atoms with Crippen molar-refractivity contribution < 1.29 is 14.6 Å². The molecule has 0 aromatic carbocycles. The standard InChI is InChI=1S/C19H25FN6O2S/c1-4-14-13(7-12(2)8-21)19(5-6-25(10-19)17(27)22-3)11-26(14)18(28)24-16-23-9-15(20)29-16/h4,7,9,17-18,22,27-28H,2,5-6,10-11H2,1,3H3,(H,23,24)/b13-7+,14-4+/t17?,18?,19-/m1/s1. The molecule has 0 saturated carbocycles. The Balaban J connectivity index is 1.93. The van der Waals surface area contributed by atoms with Gasteiger partial charge in [0.1, 0.15) is 0 Å². The van der Waals surface area contributed by atoms with Crippen molar-refractivity contribution in [1.82, 2.24) is 20.1 Å². The summed E-state index contributed by atoms with van der Waals surface area (Å²) in [5.74, 6) is 0. The molecule has 2 aliphatic rings. The van der Waals surface area contributed by atoms with Crippen LogP contribution in [0.3, 0.4) is 0 Å². The maximum absolute atomic E-state index is 13.3. The van der Waals surface area contributed by atoms with Crippen molar-refractivity contribution in [3.8, 4) is 6.07 Å². The highest BCUT2D eigenvalue weighted by Gasteiger charge is 2.51. The number of rotatable bonds is 6. The molecule has 3 heterocycles. The van der Waals surface area contributed by atoms with Gasteiger partial charge >= 0.3 is 0 Å². The number of aliphatic hydroxyl groups excluding tert-OH is 2. The van der Waals surface area contributed by atoms with Gasteiger partial charge in [-0.25, -0.2) is 4.98 Å². The first-order valence-electron chi connectivity index (χ1n) is 9.23. The number of hydrogen-bond acceptors (Lipinski definition) is 9. The Bertz CT molecular complexity index is 878. The van der Waals surface area contributed by atoms with Crippen LogP contribution in [-0.2, 0) is 0 Å². The van der Waals surface area contributed by atoms with E-state index in [0.717, 1.165) is 35.2 Å². The van der Waals surface area contributed by atoms with Gasteiger partial charge in [0.2, 0.25) is 6.35 Å². The zero-order chi connectivity index (χ0) is 21.2. The average Bonchev–Trinajstić information content (AvgIpc) is 3.40. The van der Waals surface area contributed by atoms with Gasteiger partial charge in [-0.1, -0.05) is 24.0 Å². The summed E-state index contributed by atoms with van der Waals surface area (Å²) in [6, 6.07) is 2.05. The third-order valence-electron chi connectivity index (χ3n) is 5.38. The predicted molar refractivity (Wildman–Crippen MR) is 109 cm³/mol. The number of nitriles is 1. The minimum absolute atomic E-state index is 0.275. The fourth-order valence-electron chi connectivity index (χ4n) is 4.05. The van der Waals surface area contributed by atoms with Gasteiger partial charge in [0.05, 0.1) is 12.3 Å². The summed E-state index contributed by atoms with van der Waals surface area (Å²) in [5.41, 5.74) is 1.58. The van der Waals surface area contributed by atoms with Crippen molar-refractivity contribution in [3.05, 3.63) is 46.9 Å². The van der Waals surface area contributed by atoms with Crippen LogP contribution in [0.25, 0.3) is 0 Å². The Morgan fingerprint density at radius 3 is 2.83 bits per heavy atom. The molecule has 1 aromatic heterocycles. The normalized spacial score (nSPS) is 27.0. The highest BCUT2D eigenvalue weighted by atomic mass is 32.1. The maximum atomic E-state index is 13.3. The molecule has 0 radical (unpaired) electrons. The topological polar surface area (TPSA) is 108 Å². The van der Waals surface area contributed by atoms with E-state index in [2.05, 4.69) is 28.3 Å². The van der Waals surface area contributed by atoms with E-state index < -0.39 is 23.2 Å². The quantitative estimate of drug-likeness (QED) is 0.404. The van der Waals surface area contributed by atoms with Crippen LogP contribution in [0.2, 0.25) is 0 Å². The van der Waals surface area contributed by atoms with E-state index in [0.29, 0.717) is 25.2 Å². The van der Waals surface area contributed by atoms with E-state index >= 15 is 0 Å². The Morgan fingerprint density at radius 1 is 1.48 bits per heavy atom. The van der Waals surface area contributed by atoms with Crippen LogP contribution < -0.4 is 10.6 Å². The molecule has 0 amide bonds. The van der Waals surface area contributed by atoms with E-state index in [4.69, 9.17) is 0 Å². The van der Waals surface area contributed by atoms with Gasteiger partial charge < -0.3 is 20.4 Å². The van der Waals surface area contributed by atoms with Crippen LogP contribution in [0.4, 0.5) is 9.52 Å². The molecule has 29 heavy (non-hydrogen) atoms. The third kappa shape index (κ3) is 4.19. The number of aromatic nitrogens is 1. The monoisotopic (exact) mass is 420 g/mol. The van der Waals surface area contributed by atoms with Gasteiger partial charge in [-0.15, -0.1) is 0 Å². The van der Waals surface area contributed by atoms with E-state index in [9.17, 15) is 19.9 Å². The lowest BCUT2D eigenvalue weighted by Gasteiger charge is -2.29. The second kappa shape index (κ2) is 8.61. The summed E-state index contributed by atoms with van der Waals surface area (Å²) >= 11 is 0.813. The minimum Gasteiger partial charge on any atom is -0.365 e.